The molecule has 2 aromatic heterocycles. The molecule has 0 spiro atoms. The molecule has 2 amide bonds. The van der Waals surface area contributed by atoms with Gasteiger partial charge in [-0.15, -0.1) is 0 Å². The van der Waals surface area contributed by atoms with Crippen LogP contribution in [-0.4, -0.2) is 58.2 Å². The molecule has 0 aliphatic carbocycles. The highest BCUT2D eigenvalue weighted by molar-refractivity contribution is 6.01. The maximum Gasteiger partial charge on any atom is 0.255 e. The Morgan fingerprint density at radius 1 is 0.638 bits per heavy atom. The SMILES string of the molecule is COc1ccc(-c2nn(-c3ccccc3)cc2C(=O)NC[C@@H](C)NC(=O)c2cn(-c3ccccc3)nc2-c2ccc(OC)cc2)cc1. The number of ether oxygens (including phenoxy) is 2. The summed E-state index contributed by atoms with van der Waals surface area (Å²) in [7, 11) is 3.21. The van der Waals surface area contributed by atoms with Crippen molar-refractivity contribution < 1.29 is 19.1 Å². The monoisotopic (exact) mass is 626 g/mol. The molecule has 0 fully saturated rings. The molecule has 0 unspecified atom stereocenters. The average molecular weight is 627 g/mol. The molecule has 6 rings (SSSR count). The van der Waals surface area contributed by atoms with Gasteiger partial charge in [-0.25, -0.2) is 9.36 Å². The molecule has 6 aromatic rings. The lowest BCUT2D eigenvalue weighted by atomic mass is 10.1. The molecule has 0 aliphatic rings. The number of nitrogens with zero attached hydrogens (tertiary/aromatic N) is 4. The standard InChI is InChI=1S/C37H34N6O4/c1-25(39-37(45)33-24-43(29-12-8-5-9-13-29)41-35(33)27-16-20-31(47-3)21-17-27)22-38-36(44)32-23-42(28-10-6-4-7-11-28)40-34(32)26-14-18-30(46-2)19-15-26/h4-21,23-25H,22H2,1-3H3,(H,38,44)(H,39,45)/t25-/m1/s1. The van der Waals surface area contributed by atoms with Crippen LogP contribution in [0.4, 0.5) is 0 Å². The molecule has 10 heteroatoms. The smallest absolute Gasteiger partial charge is 0.255 e. The average Bonchev–Trinajstić information content (AvgIpc) is 3.78. The van der Waals surface area contributed by atoms with E-state index in [0.717, 1.165) is 22.5 Å². The van der Waals surface area contributed by atoms with E-state index in [4.69, 9.17) is 19.7 Å². The number of nitrogens with one attached hydrogen (secondary N) is 2. The first-order valence-electron chi connectivity index (χ1n) is 15.1. The van der Waals surface area contributed by atoms with E-state index in [9.17, 15) is 9.59 Å². The number of carbonyl (C=O) groups excluding carboxylic acids is 2. The van der Waals surface area contributed by atoms with Crippen LogP contribution in [0.1, 0.15) is 27.6 Å². The summed E-state index contributed by atoms with van der Waals surface area (Å²) in [5.74, 6) is 0.790. The Bertz CT molecular complexity index is 1970. The van der Waals surface area contributed by atoms with Crippen LogP contribution in [0, 0.1) is 0 Å². The molecule has 0 saturated carbocycles. The first kappa shape index (κ1) is 30.8. The zero-order chi connectivity index (χ0) is 32.8. The summed E-state index contributed by atoms with van der Waals surface area (Å²) in [6.07, 6.45) is 3.43. The quantitative estimate of drug-likeness (QED) is 0.184. The molecule has 47 heavy (non-hydrogen) atoms. The van der Waals surface area contributed by atoms with Gasteiger partial charge in [0.1, 0.15) is 22.9 Å². The van der Waals surface area contributed by atoms with E-state index in [-0.39, 0.29) is 18.4 Å². The number of hydrogen-bond acceptors (Lipinski definition) is 6. The summed E-state index contributed by atoms with van der Waals surface area (Å²) in [4.78, 5) is 27.3. The zero-order valence-corrected chi connectivity index (χ0v) is 26.3. The predicted molar refractivity (Wildman–Crippen MR) is 180 cm³/mol. The third kappa shape index (κ3) is 6.91. The van der Waals surface area contributed by atoms with E-state index in [1.54, 1.807) is 36.0 Å². The molecular weight excluding hydrogens is 592 g/mol. The number of hydrogen-bond donors (Lipinski definition) is 2. The molecule has 0 saturated heterocycles. The number of para-hydroxylation sites is 2. The molecule has 0 bridgehead atoms. The van der Waals surface area contributed by atoms with Crippen molar-refractivity contribution in [1.82, 2.24) is 30.2 Å². The Hall–Kier alpha value is -6.16. The van der Waals surface area contributed by atoms with Crippen molar-refractivity contribution in [2.75, 3.05) is 20.8 Å². The molecule has 1 atom stereocenters. The third-order valence-corrected chi connectivity index (χ3v) is 7.63. The van der Waals surface area contributed by atoms with Crippen LogP contribution >= 0.6 is 0 Å². The first-order chi connectivity index (χ1) is 22.9. The van der Waals surface area contributed by atoms with Crippen LogP contribution in [0.5, 0.6) is 11.5 Å². The van der Waals surface area contributed by atoms with Gasteiger partial charge < -0.3 is 20.1 Å². The summed E-state index contributed by atoms with van der Waals surface area (Å²) < 4.78 is 14.0. The second-order valence-electron chi connectivity index (χ2n) is 10.9. The normalized spacial score (nSPS) is 11.5. The number of methoxy groups -OCH3 is 2. The summed E-state index contributed by atoms with van der Waals surface area (Å²) >= 11 is 0. The Morgan fingerprint density at radius 3 is 1.49 bits per heavy atom. The highest BCUT2D eigenvalue weighted by Crippen LogP contribution is 2.27. The van der Waals surface area contributed by atoms with Crippen LogP contribution in [0.25, 0.3) is 33.9 Å². The summed E-state index contributed by atoms with van der Waals surface area (Å²) in [5, 5.41) is 15.5. The molecule has 0 radical (unpaired) electrons. The first-order valence-corrected chi connectivity index (χ1v) is 15.1. The van der Waals surface area contributed by atoms with Gasteiger partial charge in [-0.1, -0.05) is 36.4 Å². The lowest BCUT2D eigenvalue weighted by molar-refractivity contribution is 0.0913. The Morgan fingerprint density at radius 2 is 1.06 bits per heavy atom. The number of rotatable bonds is 11. The predicted octanol–water partition coefficient (Wildman–Crippen LogP) is 5.96. The fraction of sp³-hybridized carbons (Fsp3) is 0.135. The van der Waals surface area contributed by atoms with Crippen molar-refractivity contribution in [3.05, 3.63) is 133 Å². The lowest BCUT2D eigenvalue weighted by Gasteiger charge is -2.15. The molecule has 236 valence electrons. The van der Waals surface area contributed by atoms with Crippen LogP contribution in [-0.2, 0) is 0 Å². The van der Waals surface area contributed by atoms with Crippen LogP contribution in [0.15, 0.2) is 122 Å². The largest absolute Gasteiger partial charge is 0.497 e. The molecule has 4 aromatic carbocycles. The van der Waals surface area contributed by atoms with Crippen molar-refractivity contribution in [2.24, 2.45) is 0 Å². The zero-order valence-electron chi connectivity index (χ0n) is 26.3. The third-order valence-electron chi connectivity index (χ3n) is 7.63. The van der Waals surface area contributed by atoms with E-state index in [1.165, 1.54) is 0 Å². The van der Waals surface area contributed by atoms with Gasteiger partial charge in [-0.2, -0.15) is 10.2 Å². The van der Waals surface area contributed by atoms with Gasteiger partial charge in [0.15, 0.2) is 0 Å². The van der Waals surface area contributed by atoms with Crippen molar-refractivity contribution in [3.63, 3.8) is 0 Å². The van der Waals surface area contributed by atoms with Crippen molar-refractivity contribution in [3.8, 4) is 45.4 Å². The van der Waals surface area contributed by atoms with E-state index in [1.807, 2.05) is 116 Å². The highest BCUT2D eigenvalue weighted by Gasteiger charge is 2.22. The van der Waals surface area contributed by atoms with Gasteiger partial charge in [0.2, 0.25) is 0 Å². The summed E-state index contributed by atoms with van der Waals surface area (Å²) in [6, 6.07) is 33.6. The lowest BCUT2D eigenvalue weighted by Crippen LogP contribution is -2.41. The number of benzene rings is 4. The Labute approximate surface area is 272 Å². The minimum Gasteiger partial charge on any atom is -0.497 e. The van der Waals surface area contributed by atoms with Crippen LogP contribution in [0.2, 0.25) is 0 Å². The van der Waals surface area contributed by atoms with Gasteiger partial charge in [0.05, 0.1) is 36.7 Å². The van der Waals surface area contributed by atoms with Crippen molar-refractivity contribution >= 4 is 11.8 Å². The maximum absolute atomic E-state index is 13.7. The minimum atomic E-state index is -0.399. The molecule has 2 heterocycles. The van der Waals surface area contributed by atoms with Gasteiger partial charge in [-0.05, 0) is 79.7 Å². The molecular formula is C37H34N6O4. The highest BCUT2D eigenvalue weighted by atomic mass is 16.5. The second-order valence-corrected chi connectivity index (χ2v) is 10.9. The van der Waals surface area contributed by atoms with Crippen molar-refractivity contribution in [2.45, 2.75) is 13.0 Å². The molecule has 10 nitrogen and oxygen atoms in total. The van der Waals surface area contributed by atoms with Gasteiger partial charge in [0, 0.05) is 36.1 Å². The summed E-state index contributed by atoms with van der Waals surface area (Å²) in [6.45, 7) is 2.03. The minimum absolute atomic E-state index is 0.188. The van der Waals surface area contributed by atoms with Gasteiger partial charge in [0.25, 0.3) is 11.8 Å². The van der Waals surface area contributed by atoms with Gasteiger partial charge in [-0.3, -0.25) is 9.59 Å². The Kier molecular flexibility index (Phi) is 9.10. The molecule has 2 N–H and O–H groups in total. The van der Waals surface area contributed by atoms with E-state index in [0.29, 0.717) is 34.0 Å². The second kappa shape index (κ2) is 13.9. The van der Waals surface area contributed by atoms with E-state index >= 15 is 0 Å². The van der Waals surface area contributed by atoms with Crippen LogP contribution < -0.4 is 20.1 Å². The van der Waals surface area contributed by atoms with E-state index < -0.39 is 6.04 Å². The van der Waals surface area contributed by atoms with Crippen molar-refractivity contribution in [1.29, 1.82) is 0 Å². The van der Waals surface area contributed by atoms with Crippen LogP contribution in [0.3, 0.4) is 0 Å². The summed E-state index contributed by atoms with van der Waals surface area (Å²) in [5.41, 5.74) is 5.06. The maximum atomic E-state index is 13.7. The Balaban J connectivity index is 1.21. The number of carbonyl (C=O) groups is 2. The number of aromatic nitrogens is 4. The number of amides is 2. The topological polar surface area (TPSA) is 112 Å². The van der Waals surface area contributed by atoms with Gasteiger partial charge >= 0.3 is 0 Å². The van der Waals surface area contributed by atoms with E-state index in [2.05, 4.69) is 10.6 Å². The fourth-order valence-corrected chi connectivity index (χ4v) is 5.12. The fourth-order valence-electron chi connectivity index (χ4n) is 5.12. The molecule has 0 aliphatic heterocycles.